The minimum absolute atomic E-state index is 0.139. The lowest BCUT2D eigenvalue weighted by atomic mass is 9.87. The number of amides is 2. The maximum absolute atomic E-state index is 13.4. The first kappa shape index (κ1) is 24.1. The standard InChI is InChI=1S/C27H29N3O5/c1-33-20-9-7-18(8-10-20)27(32)30-16-23(22-14-21(34-2)11-12-25(22)35-3)24(17-30)26(31)29-15-19-6-4-5-13-28-19/h4-14,23-24H,15-17H2,1-3H3,(H,29,31). The van der Waals surface area contributed by atoms with Gasteiger partial charge in [-0.15, -0.1) is 0 Å². The maximum atomic E-state index is 13.4. The molecule has 8 heteroatoms. The van der Waals surface area contributed by atoms with E-state index in [0.29, 0.717) is 35.9 Å². The van der Waals surface area contributed by atoms with Gasteiger partial charge in [-0.3, -0.25) is 14.6 Å². The Morgan fingerprint density at radius 2 is 1.69 bits per heavy atom. The van der Waals surface area contributed by atoms with Crippen molar-refractivity contribution in [2.24, 2.45) is 5.92 Å². The number of benzene rings is 2. The third-order valence-electron chi connectivity index (χ3n) is 6.29. The number of pyridine rings is 1. The zero-order valence-corrected chi connectivity index (χ0v) is 20.1. The molecule has 2 amide bonds. The number of rotatable bonds is 8. The Kier molecular flexibility index (Phi) is 7.50. The number of carbonyl (C=O) groups is 2. The van der Waals surface area contributed by atoms with Gasteiger partial charge in [0.1, 0.15) is 17.2 Å². The molecule has 1 aromatic heterocycles. The van der Waals surface area contributed by atoms with Crippen molar-refractivity contribution in [1.82, 2.24) is 15.2 Å². The van der Waals surface area contributed by atoms with E-state index in [-0.39, 0.29) is 24.3 Å². The Bertz CT molecular complexity index is 1170. The Morgan fingerprint density at radius 3 is 2.34 bits per heavy atom. The van der Waals surface area contributed by atoms with Crippen LogP contribution in [0.1, 0.15) is 27.5 Å². The molecular weight excluding hydrogens is 446 g/mol. The zero-order chi connectivity index (χ0) is 24.8. The summed E-state index contributed by atoms with van der Waals surface area (Å²) in [6.07, 6.45) is 1.69. The third kappa shape index (κ3) is 5.37. The number of likely N-dealkylation sites (tertiary alicyclic amines) is 1. The summed E-state index contributed by atoms with van der Waals surface area (Å²) in [6.45, 7) is 0.963. The fourth-order valence-corrected chi connectivity index (χ4v) is 4.41. The topological polar surface area (TPSA) is 90.0 Å². The summed E-state index contributed by atoms with van der Waals surface area (Å²) in [4.78, 5) is 32.7. The smallest absolute Gasteiger partial charge is 0.253 e. The van der Waals surface area contributed by atoms with E-state index in [9.17, 15) is 9.59 Å². The first-order valence-corrected chi connectivity index (χ1v) is 11.4. The third-order valence-corrected chi connectivity index (χ3v) is 6.29. The van der Waals surface area contributed by atoms with Gasteiger partial charge < -0.3 is 24.4 Å². The van der Waals surface area contributed by atoms with Gasteiger partial charge in [-0.1, -0.05) is 6.07 Å². The zero-order valence-electron chi connectivity index (χ0n) is 20.1. The lowest BCUT2D eigenvalue weighted by Crippen LogP contribution is -2.35. The minimum Gasteiger partial charge on any atom is -0.497 e. The molecule has 35 heavy (non-hydrogen) atoms. The monoisotopic (exact) mass is 475 g/mol. The van der Waals surface area contributed by atoms with E-state index < -0.39 is 5.92 Å². The van der Waals surface area contributed by atoms with Crippen LogP contribution in [0.5, 0.6) is 17.2 Å². The number of ether oxygens (including phenoxy) is 3. The summed E-state index contributed by atoms with van der Waals surface area (Å²) in [6, 6.07) is 18.1. The molecule has 1 saturated heterocycles. The molecule has 2 heterocycles. The number of carbonyl (C=O) groups excluding carboxylic acids is 2. The molecule has 1 aliphatic rings. The first-order chi connectivity index (χ1) is 17.0. The fourth-order valence-electron chi connectivity index (χ4n) is 4.41. The molecule has 0 saturated carbocycles. The molecule has 1 aliphatic heterocycles. The van der Waals surface area contributed by atoms with E-state index in [1.807, 2.05) is 36.4 Å². The van der Waals surface area contributed by atoms with E-state index in [0.717, 1.165) is 11.3 Å². The predicted octanol–water partition coefficient (Wildman–Crippen LogP) is 3.28. The van der Waals surface area contributed by atoms with E-state index in [4.69, 9.17) is 14.2 Å². The van der Waals surface area contributed by atoms with Crippen molar-refractivity contribution in [2.45, 2.75) is 12.5 Å². The predicted molar refractivity (Wildman–Crippen MR) is 131 cm³/mol. The van der Waals surface area contributed by atoms with Gasteiger partial charge in [0, 0.05) is 36.3 Å². The van der Waals surface area contributed by atoms with Gasteiger partial charge in [0.15, 0.2) is 0 Å². The average Bonchev–Trinajstić information content (AvgIpc) is 3.37. The molecule has 1 fully saturated rings. The van der Waals surface area contributed by atoms with E-state index in [2.05, 4.69) is 10.3 Å². The van der Waals surface area contributed by atoms with Crippen molar-refractivity contribution < 1.29 is 23.8 Å². The maximum Gasteiger partial charge on any atom is 0.253 e. The van der Waals surface area contributed by atoms with Gasteiger partial charge in [0.05, 0.1) is 39.5 Å². The number of hydrogen-bond donors (Lipinski definition) is 1. The molecule has 0 aliphatic carbocycles. The summed E-state index contributed by atoms with van der Waals surface area (Å²) >= 11 is 0. The highest BCUT2D eigenvalue weighted by molar-refractivity contribution is 5.95. The number of aromatic nitrogens is 1. The van der Waals surface area contributed by atoms with Crippen molar-refractivity contribution in [3.8, 4) is 17.2 Å². The van der Waals surface area contributed by atoms with Gasteiger partial charge in [0.2, 0.25) is 5.91 Å². The van der Waals surface area contributed by atoms with Crippen molar-refractivity contribution >= 4 is 11.8 Å². The van der Waals surface area contributed by atoms with Crippen LogP contribution in [0.4, 0.5) is 0 Å². The van der Waals surface area contributed by atoms with Crippen molar-refractivity contribution in [3.05, 3.63) is 83.7 Å². The number of nitrogens with zero attached hydrogens (tertiary/aromatic N) is 2. The highest BCUT2D eigenvalue weighted by Crippen LogP contribution is 2.40. The van der Waals surface area contributed by atoms with Crippen LogP contribution in [0, 0.1) is 5.92 Å². The minimum atomic E-state index is -0.470. The van der Waals surface area contributed by atoms with Crippen molar-refractivity contribution in [3.63, 3.8) is 0 Å². The molecule has 0 spiro atoms. The highest BCUT2D eigenvalue weighted by Gasteiger charge is 2.42. The van der Waals surface area contributed by atoms with Crippen LogP contribution in [0.2, 0.25) is 0 Å². The van der Waals surface area contributed by atoms with Crippen LogP contribution in [0.25, 0.3) is 0 Å². The second kappa shape index (κ2) is 10.9. The number of hydrogen-bond acceptors (Lipinski definition) is 6. The van der Waals surface area contributed by atoms with Crippen LogP contribution < -0.4 is 19.5 Å². The molecule has 2 atom stereocenters. The molecule has 2 unspecified atom stereocenters. The van der Waals surface area contributed by atoms with Crippen LogP contribution in [-0.2, 0) is 11.3 Å². The molecule has 0 bridgehead atoms. The van der Waals surface area contributed by atoms with Crippen LogP contribution in [0.3, 0.4) is 0 Å². The second-order valence-corrected chi connectivity index (χ2v) is 8.30. The molecular formula is C27H29N3O5. The van der Waals surface area contributed by atoms with Gasteiger partial charge in [-0.25, -0.2) is 0 Å². The average molecular weight is 476 g/mol. The molecule has 3 aromatic rings. The molecule has 182 valence electrons. The highest BCUT2D eigenvalue weighted by atomic mass is 16.5. The lowest BCUT2D eigenvalue weighted by molar-refractivity contribution is -0.125. The Balaban J connectivity index is 1.61. The largest absolute Gasteiger partial charge is 0.497 e. The second-order valence-electron chi connectivity index (χ2n) is 8.30. The van der Waals surface area contributed by atoms with Crippen LogP contribution in [0.15, 0.2) is 66.9 Å². The van der Waals surface area contributed by atoms with Crippen LogP contribution in [-0.4, -0.2) is 56.1 Å². The van der Waals surface area contributed by atoms with E-state index in [1.165, 1.54) is 0 Å². The SMILES string of the molecule is COc1ccc(C(=O)N2CC(C(=O)NCc3ccccn3)C(c3cc(OC)ccc3OC)C2)cc1. The molecule has 1 N–H and O–H groups in total. The van der Waals surface area contributed by atoms with Crippen LogP contribution >= 0.6 is 0 Å². The van der Waals surface area contributed by atoms with Gasteiger partial charge in [0.25, 0.3) is 5.91 Å². The van der Waals surface area contributed by atoms with Crippen molar-refractivity contribution in [2.75, 3.05) is 34.4 Å². The molecule has 0 radical (unpaired) electrons. The molecule has 8 nitrogen and oxygen atoms in total. The summed E-state index contributed by atoms with van der Waals surface area (Å²) in [5.41, 5.74) is 2.13. The Hall–Kier alpha value is -4.07. The van der Waals surface area contributed by atoms with Gasteiger partial charge in [-0.2, -0.15) is 0 Å². The summed E-state index contributed by atoms with van der Waals surface area (Å²) < 4.78 is 16.2. The molecule has 4 rings (SSSR count). The quantitative estimate of drug-likeness (QED) is 0.538. The Labute approximate surface area is 204 Å². The van der Waals surface area contributed by atoms with E-state index >= 15 is 0 Å². The summed E-state index contributed by atoms with van der Waals surface area (Å²) in [7, 11) is 4.77. The number of nitrogens with one attached hydrogen (secondary N) is 1. The summed E-state index contributed by atoms with van der Waals surface area (Å²) in [5.74, 6) is 0.960. The molecule has 2 aromatic carbocycles. The normalized spacial score (nSPS) is 17.1. The number of methoxy groups -OCH3 is 3. The van der Waals surface area contributed by atoms with Gasteiger partial charge in [-0.05, 0) is 54.6 Å². The first-order valence-electron chi connectivity index (χ1n) is 11.4. The van der Waals surface area contributed by atoms with Gasteiger partial charge >= 0.3 is 0 Å². The summed E-state index contributed by atoms with van der Waals surface area (Å²) in [5, 5.41) is 2.99. The Morgan fingerprint density at radius 1 is 0.943 bits per heavy atom. The fraction of sp³-hybridized carbons (Fsp3) is 0.296. The van der Waals surface area contributed by atoms with Crippen molar-refractivity contribution in [1.29, 1.82) is 0 Å². The van der Waals surface area contributed by atoms with E-state index in [1.54, 1.807) is 56.7 Å². The lowest BCUT2D eigenvalue weighted by Gasteiger charge is -2.21.